The first kappa shape index (κ1) is 11.9. The zero-order valence-electron chi connectivity index (χ0n) is 12.2. The minimum absolute atomic E-state index is 0.0162. The molecule has 1 fully saturated rings. The van der Waals surface area contributed by atoms with Crippen LogP contribution in [0.15, 0.2) is 23.9 Å². The first-order chi connectivity index (χ1) is 10.1. The molecule has 5 rings (SSSR count). The summed E-state index contributed by atoms with van der Waals surface area (Å²) in [6.07, 6.45) is 5.19. The molecule has 1 aromatic carbocycles. The molecule has 1 aromatic rings. The third kappa shape index (κ3) is 1.18. The Morgan fingerprint density at radius 3 is 3.14 bits per heavy atom. The van der Waals surface area contributed by atoms with Crippen molar-refractivity contribution in [1.29, 1.82) is 0 Å². The summed E-state index contributed by atoms with van der Waals surface area (Å²) in [5.74, 6) is 1.34. The molecule has 0 unspecified atom stereocenters. The SMILES string of the molecule is CN1CC[C@]23c4c5ccc(O)c4O[C@H]2CC=C(N)[C@H]3[C@H]1C5. The van der Waals surface area contributed by atoms with Gasteiger partial charge in [-0.25, -0.2) is 0 Å². The Morgan fingerprint density at radius 1 is 1.43 bits per heavy atom. The second-order valence-electron chi connectivity index (χ2n) is 7.01. The van der Waals surface area contributed by atoms with Crippen LogP contribution in [0.25, 0.3) is 0 Å². The molecule has 21 heavy (non-hydrogen) atoms. The van der Waals surface area contributed by atoms with Crippen molar-refractivity contribution in [3.63, 3.8) is 0 Å². The molecule has 0 saturated carbocycles. The number of hydrogen-bond donors (Lipinski definition) is 2. The van der Waals surface area contributed by atoms with Crippen LogP contribution in [-0.4, -0.2) is 35.7 Å². The fourth-order valence-corrected chi connectivity index (χ4v) is 5.39. The molecule has 1 spiro atoms. The Hall–Kier alpha value is -1.68. The van der Waals surface area contributed by atoms with Gasteiger partial charge in [0.05, 0.1) is 0 Å². The molecule has 4 atom stereocenters. The first-order valence-electron chi connectivity index (χ1n) is 7.80. The second-order valence-corrected chi connectivity index (χ2v) is 7.01. The normalized spacial score (nSPS) is 39.5. The fraction of sp³-hybridized carbons (Fsp3) is 0.529. The Kier molecular flexibility index (Phi) is 2.02. The summed E-state index contributed by atoms with van der Waals surface area (Å²) in [6, 6.07) is 4.32. The number of piperidine rings is 1. The van der Waals surface area contributed by atoms with Gasteiger partial charge in [-0.05, 0) is 38.1 Å². The maximum absolute atomic E-state index is 10.2. The Balaban J connectivity index is 1.85. The number of likely N-dealkylation sites (N-methyl/N-ethyl adjacent to an activating group) is 1. The van der Waals surface area contributed by atoms with Crippen LogP contribution < -0.4 is 10.5 Å². The predicted octanol–water partition coefficient (Wildman–Crippen LogP) is 1.51. The predicted molar refractivity (Wildman–Crippen MR) is 79.3 cm³/mol. The summed E-state index contributed by atoms with van der Waals surface area (Å²) in [4.78, 5) is 2.45. The van der Waals surface area contributed by atoms with Gasteiger partial charge < -0.3 is 20.5 Å². The third-order valence-corrected chi connectivity index (χ3v) is 6.26. The lowest BCUT2D eigenvalue weighted by Crippen LogP contribution is -2.64. The van der Waals surface area contributed by atoms with E-state index in [9.17, 15) is 5.11 Å². The Bertz CT molecular complexity index is 684. The van der Waals surface area contributed by atoms with Gasteiger partial charge in [0, 0.05) is 35.1 Å². The molecule has 4 aliphatic rings. The van der Waals surface area contributed by atoms with Crippen LogP contribution in [0.5, 0.6) is 11.5 Å². The van der Waals surface area contributed by atoms with Gasteiger partial charge in [-0.15, -0.1) is 0 Å². The van der Waals surface area contributed by atoms with Crippen LogP contribution in [0, 0.1) is 5.92 Å². The van der Waals surface area contributed by atoms with Gasteiger partial charge in [-0.2, -0.15) is 0 Å². The minimum Gasteiger partial charge on any atom is -0.504 e. The van der Waals surface area contributed by atoms with E-state index in [4.69, 9.17) is 10.5 Å². The standard InChI is InChI=1S/C17H20N2O2/c1-19-7-6-17-13-5-3-10(18)15(17)11(19)8-9-2-4-12(20)16(21-13)14(9)17/h2-4,11,13,15,20H,5-8,18H2,1H3/t11-,13+,15+,17-/m1/s1. The van der Waals surface area contributed by atoms with Crippen molar-refractivity contribution >= 4 is 0 Å². The molecule has 2 heterocycles. The van der Waals surface area contributed by atoms with E-state index in [1.807, 2.05) is 0 Å². The van der Waals surface area contributed by atoms with E-state index in [1.165, 1.54) is 11.1 Å². The van der Waals surface area contributed by atoms with Crippen LogP contribution in [0.2, 0.25) is 0 Å². The number of benzene rings is 1. The molecule has 4 heteroatoms. The number of nitrogens with two attached hydrogens (primary N) is 1. The number of rotatable bonds is 0. The van der Waals surface area contributed by atoms with Crippen LogP contribution in [0.3, 0.4) is 0 Å². The maximum atomic E-state index is 10.2. The van der Waals surface area contributed by atoms with Gasteiger partial charge >= 0.3 is 0 Å². The van der Waals surface area contributed by atoms with Crippen molar-refractivity contribution in [2.24, 2.45) is 11.7 Å². The van der Waals surface area contributed by atoms with Crippen molar-refractivity contribution in [3.8, 4) is 11.5 Å². The summed E-state index contributed by atoms with van der Waals surface area (Å²) in [5, 5.41) is 10.2. The molecule has 110 valence electrons. The van der Waals surface area contributed by atoms with Gasteiger partial charge in [0.2, 0.25) is 0 Å². The molecule has 2 bridgehead atoms. The highest BCUT2D eigenvalue weighted by molar-refractivity contribution is 5.61. The molecular formula is C17H20N2O2. The summed E-state index contributed by atoms with van der Waals surface area (Å²) in [6.45, 7) is 1.07. The quantitative estimate of drug-likeness (QED) is 0.758. The minimum atomic E-state index is -0.0162. The number of nitrogens with zero attached hydrogens (tertiary/aromatic N) is 1. The highest BCUT2D eigenvalue weighted by Gasteiger charge is 2.63. The van der Waals surface area contributed by atoms with E-state index in [0.717, 1.165) is 37.3 Å². The van der Waals surface area contributed by atoms with Gasteiger partial charge in [-0.3, -0.25) is 0 Å². The van der Waals surface area contributed by atoms with Crippen LogP contribution in [0.1, 0.15) is 24.0 Å². The molecule has 0 amide bonds. The van der Waals surface area contributed by atoms with Crippen LogP contribution in [0.4, 0.5) is 0 Å². The molecule has 1 saturated heterocycles. The summed E-state index contributed by atoms with van der Waals surface area (Å²) < 4.78 is 6.22. The van der Waals surface area contributed by atoms with Crippen molar-refractivity contribution < 1.29 is 9.84 Å². The average molecular weight is 284 g/mol. The summed E-state index contributed by atoms with van der Waals surface area (Å²) >= 11 is 0. The highest BCUT2D eigenvalue weighted by atomic mass is 16.5. The first-order valence-corrected chi connectivity index (χ1v) is 7.80. The van der Waals surface area contributed by atoms with E-state index in [0.29, 0.717) is 12.0 Å². The lowest BCUT2D eigenvalue weighted by Gasteiger charge is -2.57. The van der Waals surface area contributed by atoms with E-state index in [-0.39, 0.29) is 17.3 Å². The average Bonchev–Trinajstić information content (AvgIpc) is 2.81. The number of aromatic hydroxyl groups is 1. The van der Waals surface area contributed by atoms with Crippen molar-refractivity contribution in [3.05, 3.63) is 35.0 Å². The Morgan fingerprint density at radius 2 is 2.29 bits per heavy atom. The topological polar surface area (TPSA) is 58.7 Å². The van der Waals surface area contributed by atoms with Crippen LogP contribution >= 0.6 is 0 Å². The largest absolute Gasteiger partial charge is 0.504 e. The monoisotopic (exact) mass is 284 g/mol. The second kappa shape index (κ2) is 3.55. The molecule has 0 aromatic heterocycles. The molecule has 2 aliphatic carbocycles. The molecular weight excluding hydrogens is 264 g/mol. The van der Waals surface area contributed by atoms with Crippen LogP contribution in [-0.2, 0) is 11.8 Å². The van der Waals surface area contributed by atoms with Gasteiger partial charge in [-0.1, -0.05) is 12.1 Å². The molecule has 3 N–H and O–H groups in total. The van der Waals surface area contributed by atoms with Crippen molar-refractivity contribution in [1.82, 2.24) is 4.90 Å². The van der Waals surface area contributed by atoms with Crippen molar-refractivity contribution in [2.75, 3.05) is 13.6 Å². The van der Waals surface area contributed by atoms with E-state index >= 15 is 0 Å². The lowest BCUT2D eigenvalue weighted by atomic mass is 9.53. The lowest BCUT2D eigenvalue weighted by molar-refractivity contribution is -0.00464. The highest BCUT2D eigenvalue weighted by Crippen LogP contribution is 2.63. The number of phenols is 1. The third-order valence-electron chi connectivity index (χ3n) is 6.26. The van der Waals surface area contributed by atoms with E-state index in [2.05, 4.69) is 24.1 Å². The number of hydrogen-bond acceptors (Lipinski definition) is 4. The maximum Gasteiger partial charge on any atom is 0.165 e. The van der Waals surface area contributed by atoms with Gasteiger partial charge in [0.1, 0.15) is 6.10 Å². The molecule has 0 radical (unpaired) electrons. The van der Waals surface area contributed by atoms with Gasteiger partial charge in [0.15, 0.2) is 11.5 Å². The number of likely N-dealkylation sites (tertiary alicyclic amines) is 1. The van der Waals surface area contributed by atoms with E-state index in [1.54, 1.807) is 6.07 Å². The van der Waals surface area contributed by atoms with E-state index < -0.39 is 0 Å². The Labute approximate surface area is 124 Å². The number of ether oxygens (including phenoxy) is 1. The fourth-order valence-electron chi connectivity index (χ4n) is 5.39. The summed E-state index contributed by atoms with van der Waals surface area (Å²) in [7, 11) is 2.20. The smallest absolute Gasteiger partial charge is 0.165 e. The zero-order valence-corrected chi connectivity index (χ0v) is 12.2. The molecule has 4 nitrogen and oxygen atoms in total. The zero-order chi connectivity index (χ0) is 14.4. The van der Waals surface area contributed by atoms with Gasteiger partial charge in [0.25, 0.3) is 0 Å². The summed E-state index contributed by atoms with van der Waals surface area (Å²) in [5.41, 5.74) is 10.0. The van der Waals surface area contributed by atoms with Crippen molar-refractivity contribution in [2.45, 2.75) is 36.8 Å². The number of phenolic OH excluding ortho intramolecular Hbond substituents is 1. The molecule has 2 aliphatic heterocycles.